The van der Waals surface area contributed by atoms with Crippen LogP contribution in [0.3, 0.4) is 0 Å². The van der Waals surface area contributed by atoms with Gasteiger partial charge in [-0.2, -0.15) is 23.4 Å². The first kappa shape index (κ1) is 19.4. The van der Waals surface area contributed by atoms with Crippen LogP contribution in [0.5, 0.6) is 0 Å². The highest BCUT2D eigenvalue weighted by Crippen LogP contribution is 2.37. The van der Waals surface area contributed by atoms with Crippen molar-refractivity contribution in [2.75, 3.05) is 6.54 Å². The van der Waals surface area contributed by atoms with E-state index in [1.807, 2.05) is 19.2 Å². The molecule has 148 valence electrons. The molecule has 0 radical (unpaired) electrons. The molecule has 27 heavy (non-hydrogen) atoms. The lowest BCUT2D eigenvalue weighted by molar-refractivity contribution is -0.142. The fourth-order valence-corrected chi connectivity index (χ4v) is 3.60. The van der Waals surface area contributed by atoms with Crippen LogP contribution < -0.4 is 5.32 Å². The largest absolute Gasteiger partial charge is 0.435 e. The third kappa shape index (κ3) is 4.17. The van der Waals surface area contributed by atoms with Gasteiger partial charge in [-0.05, 0) is 37.7 Å². The van der Waals surface area contributed by atoms with Gasteiger partial charge < -0.3 is 5.32 Å². The van der Waals surface area contributed by atoms with Gasteiger partial charge >= 0.3 is 6.18 Å². The standard InChI is InChI=1S/C18H24F3N5O/c1-3-14(17(27)22-10-12(2)11-25-9-5-8-23-25)26-15-7-4-6-13(15)16(24-26)18(19,20)21/h5,8-9,12,14H,3-4,6-7,10-11H2,1-2H3,(H,22,27)/t12-,14-/m0/s1. The highest BCUT2D eigenvalue weighted by molar-refractivity contribution is 5.80. The molecular weight excluding hydrogens is 359 g/mol. The number of rotatable bonds is 7. The summed E-state index contributed by atoms with van der Waals surface area (Å²) in [5.41, 5.74) is -0.0389. The Labute approximate surface area is 155 Å². The summed E-state index contributed by atoms with van der Waals surface area (Å²) in [6.45, 7) is 4.84. The maximum absolute atomic E-state index is 13.3. The fraction of sp³-hybridized carbons (Fsp3) is 0.611. The van der Waals surface area contributed by atoms with Crippen molar-refractivity contribution in [3.63, 3.8) is 0 Å². The van der Waals surface area contributed by atoms with Crippen molar-refractivity contribution in [2.24, 2.45) is 5.92 Å². The van der Waals surface area contributed by atoms with Gasteiger partial charge in [0.25, 0.3) is 0 Å². The Kier molecular flexibility index (Phi) is 5.57. The zero-order valence-corrected chi connectivity index (χ0v) is 15.5. The molecule has 0 saturated carbocycles. The molecule has 1 amide bonds. The van der Waals surface area contributed by atoms with Crippen LogP contribution in [-0.4, -0.2) is 32.0 Å². The first-order valence-electron chi connectivity index (χ1n) is 9.23. The van der Waals surface area contributed by atoms with Crippen LogP contribution in [0.15, 0.2) is 18.5 Å². The minimum Gasteiger partial charge on any atom is -0.354 e. The summed E-state index contributed by atoms with van der Waals surface area (Å²) >= 11 is 0. The normalized spacial score (nSPS) is 16.2. The third-order valence-electron chi connectivity index (χ3n) is 4.89. The van der Waals surface area contributed by atoms with Crippen LogP contribution in [0.1, 0.15) is 49.7 Å². The second-order valence-corrected chi connectivity index (χ2v) is 7.07. The van der Waals surface area contributed by atoms with Crippen LogP contribution in [0.25, 0.3) is 0 Å². The van der Waals surface area contributed by atoms with Crippen molar-refractivity contribution >= 4 is 5.91 Å². The topological polar surface area (TPSA) is 64.7 Å². The van der Waals surface area contributed by atoms with E-state index in [2.05, 4.69) is 15.5 Å². The SMILES string of the molecule is CC[C@@H](C(=O)NC[C@H](C)Cn1cccn1)n1nc(C(F)(F)F)c2c1CCC2. The van der Waals surface area contributed by atoms with Crippen molar-refractivity contribution in [3.05, 3.63) is 35.4 Å². The van der Waals surface area contributed by atoms with E-state index in [1.165, 1.54) is 4.68 Å². The number of aromatic nitrogens is 4. The number of nitrogens with zero attached hydrogens (tertiary/aromatic N) is 4. The molecule has 1 aliphatic rings. The number of hydrogen-bond acceptors (Lipinski definition) is 3. The average molecular weight is 383 g/mol. The summed E-state index contributed by atoms with van der Waals surface area (Å²) in [6, 6.07) is 1.10. The zero-order chi connectivity index (χ0) is 19.6. The molecule has 2 aromatic heterocycles. The van der Waals surface area contributed by atoms with E-state index in [4.69, 9.17) is 0 Å². The molecule has 3 rings (SSSR count). The summed E-state index contributed by atoms with van der Waals surface area (Å²) in [6.07, 6.45) is 0.974. The number of halogens is 3. The number of amides is 1. The molecule has 0 spiro atoms. The summed E-state index contributed by atoms with van der Waals surface area (Å²) in [5, 5.41) is 10.8. The molecule has 2 heterocycles. The lowest BCUT2D eigenvalue weighted by Crippen LogP contribution is -2.36. The van der Waals surface area contributed by atoms with Gasteiger partial charge in [0.05, 0.1) is 0 Å². The Morgan fingerprint density at radius 2 is 2.15 bits per heavy atom. The van der Waals surface area contributed by atoms with E-state index >= 15 is 0 Å². The predicted octanol–water partition coefficient (Wildman–Crippen LogP) is 2.99. The quantitative estimate of drug-likeness (QED) is 0.799. The van der Waals surface area contributed by atoms with Gasteiger partial charge in [-0.15, -0.1) is 0 Å². The molecule has 1 N–H and O–H groups in total. The van der Waals surface area contributed by atoms with Crippen molar-refractivity contribution < 1.29 is 18.0 Å². The Morgan fingerprint density at radius 3 is 2.78 bits per heavy atom. The summed E-state index contributed by atoms with van der Waals surface area (Å²) in [7, 11) is 0. The van der Waals surface area contributed by atoms with E-state index in [1.54, 1.807) is 17.8 Å². The van der Waals surface area contributed by atoms with Crippen LogP contribution in [0, 0.1) is 5.92 Å². The monoisotopic (exact) mass is 383 g/mol. The molecular formula is C18H24F3N5O. The molecule has 2 aromatic rings. The van der Waals surface area contributed by atoms with Crippen molar-refractivity contribution in [1.82, 2.24) is 24.9 Å². The number of nitrogens with one attached hydrogen (secondary N) is 1. The van der Waals surface area contributed by atoms with Crippen LogP contribution >= 0.6 is 0 Å². The maximum Gasteiger partial charge on any atom is 0.435 e. The van der Waals surface area contributed by atoms with Crippen LogP contribution in [-0.2, 0) is 30.4 Å². The smallest absolute Gasteiger partial charge is 0.354 e. The Hall–Kier alpha value is -2.32. The molecule has 0 unspecified atom stereocenters. The Balaban J connectivity index is 1.70. The number of alkyl halides is 3. The highest BCUT2D eigenvalue weighted by atomic mass is 19.4. The molecule has 0 aromatic carbocycles. The molecule has 0 aliphatic heterocycles. The minimum atomic E-state index is -4.49. The van der Waals surface area contributed by atoms with Crippen molar-refractivity contribution in [1.29, 1.82) is 0 Å². The maximum atomic E-state index is 13.3. The summed E-state index contributed by atoms with van der Waals surface area (Å²) in [4.78, 5) is 12.7. The number of fused-ring (bicyclic) bond motifs is 1. The van der Waals surface area contributed by atoms with Crippen molar-refractivity contribution in [2.45, 2.75) is 58.3 Å². The second-order valence-electron chi connectivity index (χ2n) is 7.07. The van der Waals surface area contributed by atoms with Gasteiger partial charge in [0.15, 0.2) is 5.69 Å². The molecule has 9 heteroatoms. The molecule has 0 fully saturated rings. The summed E-state index contributed by atoms with van der Waals surface area (Å²) in [5.74, 6) is -0.156. The molecule has 2 atom stereocenters. The van der Waals surface area contributed by atoms with Gasteiger partial charge in [0, 0.05) is 36.7 Å². The van der Waals surface area contributed by atoms with Gasteiger partial charge in [-0.25, -0.2) is 0 Å². The highest BCUT2D eigenvalue weighted by Gasteiger charge is 2.41. The van der Waals surface area contributed by atoms with E-state index in [0.717, 1.165) is 0 Å². The number of hydrogen-bond donors (Lipinski definition) is 1. The van der Waals surface area contributed by atoms with E-state index in [0.29, 0.717) is 44.5 Å². The first-order chi connectivity index (χ1) is 12.8. The third-order valence-corrected chi connectivity index (χ3v) is 4.89. The second kappa shape index (κ2) is 7.74. The number of carbonyl (C=O) groups excluding carboxylic acids is 1. The molecule has 6 nitrogen and oxygen atoms in total. The predicted molar refractivity (Wildman–Crippen MR) is 93.0 cm³/mol. The van der Waals surface area contributed by atoms with Gasteiger partial charge in [0.1, 0.15) is 6.04 Å². The van der Waals surface area contributed by atoms with E-state index in [-0.39, 0.29) is 17.4 Å². The van der Waals surface area contributed by atoms with Gasteiger partial charge in [-0.3, -0.25) is 14.2 Å². The fourth-order valence-electron chi connectivity index (χ4n) is 3.60. The number of carbonyl (C=O) groups is 1. The Morgan fingerprint density at radius 1 is 1.37 bits per heavy atom. The van der Waals surface area contributed by atoms with Crippen LogP contribution in [0.2, 0.25) is 0 Å². The van der Waals surface area contributed by atoms with Crippen molar-refractivity contribution in [3.8, 4) is 0 Å². The van der Waals surface area contributed by atoms with Crippen LogP contribution in [0.4, 0.5) is 13.2 Å². The van der Waals surface area contributed by atoms with Gasteiger partial charge in [0.2, 0.25) is 5.91 Å². The van der Waals surface area contributed by atoms with Gasteiger partial charge in [-0.1, -0.05) is 13.8 Å². The van der Waals surface area contributed by atoms with E-state index < -0.39 is 17.9 Å². The molecule has 1 aliphatic carbocycles. The molecule has 0 saturated heterocycles. The summed E-state index contributed by atoms with van der Waals surface area (Å²) < 4.78 is 42.9. The molecule has 0 bridgehead atoms. The lowest BCUT2D eigenvalue weighted by atomic mass is 10.1. The Bertz CT molecular complexity index is 782. The minimum absolute atomic E-state index is 0.139. The first-order valence-corrected chi connectivity index (χ1v) is 9.23. The van der Waals surface area contributed by atoms with E-state index in [9.17, 15) is 18.0 Å². The zero-order valence-electron chi connectivity index (χ0n) is 15.5. The average Bonchev–Trinajstić information content (AvgIpc) is 3.31. The lowest BCUT2D eigenvalue weighted by Gasteiger charge is -2.20.